The molecule has 1 amide bonds. The maximum atomic E-state index is 12.9. The Morgan fingerprint density at radius 2 is 2.00 bits per heavy atom. The lowest BCUT2D eigenvalue weighted by atomic mass is 9.40. The highest BCUT2D eigenvalue weighted by molar-refractivity contribution is 5.83. The number of nitrogens with zero attached hydrogens (tertiary/aromatic N) is 1. The molecule has 2 atom stereocenters. The van der Waals surface area contributed by atoms with E-state index in [1.165, 1.54) is 19.3 Å². The molecule has 0 aromatic carbocycles. The van der Waals surface area contributed by atoms with Crippen molar-refractivity contribution in [2.45, 2.75) is 58.9 Å². The number of carbonyl (C=O) groups is 1. The third-order valence-electron chi connectivity index (χ3n) is 6.12. The molecule has 0 radical (unpaired) electrons. The van der Waals surface area contributed by atoms with Gasteiger partial charge in [0.25, 0.3) is 0 Å². The van der Waals surface area contributed by atoms with Crippen LogP contribution < -0.4 is 5.32 Å². The Morgan fingerprint density at radius 3 is 2.57 bits per heavy atom. The maximum absolute atomic E-state index is 12.9. The van der Waals surface area contributed by atoms with E-state index in [0.29, 0.717) is 17.4 Å². The van der Waals surface area contributed by atoms with E-state index in [2.05, 4.69) is 29.4 Å². The number of rotatable bonds is 3. The fraction of sp³-hybridized carbons (Fsp3) is 0.765. The molecule has 4 aliphatic rings. The van der Waals surface area contributed by atoms with Crippen LogP contribution in [0.2, 0.25) is 0 Å². The molecular weight excluding hydrogens is 262 g/mol. The van der Waals surface area contributed by atoms with Gasteiger partial charge in [0.15, 0.2) is 0 Å². The van der Waals surface area contributed by atoms with Crippen molar-refractivity contribution in [3.05, 3.63) is 18.0 Å². The van der Waals surface area contributed by atoms with Crippen molar-refractivity contribution >= 4 is 5.91 Å². The van der Waals surface area contributed by atoms with E-state index in [1.807, 2.05) is 6.20 Å². The first-order valence-electron chi connectivity index (χ1n) is 8.17. The molecule has 1 aromatic heterocycles. The first-order valence-corrected chi connectivity index (χ1v) is 8.17. The summed E-state index contributed by atoms with van der Waals surface area (Å²) in [6, 6.07) is 0. The van der Waals surface area contributed by atoms with Crippen LogP contribution in [0.1, 0.15) is 57.9 Å². The second-order valence-corrected chi connectivity index (χ2v) is 8.70. The van der Waals surface area contributed by atoms with Gasteiger partial charge in [0.05, 0.1) is 11.6 Å². The van der Waals surface area contributed by atoms with Crippen LogP contribution in [0.5, 0.6) is 0 Å². The van der Waals surface area contributed by atoms with Crippen molar-refractivity contribution < 1.29 is 4.79 Å². The molecule has 4 heteroatoms. The van der Waals surface area contributed by atoms with Gasteiger partial charge in [-0.25, -0.2) is 0 Å². The maximum Gasteiger partial charge on any atom is 0.226 e. The van der Waals surface area contributed by atoms with Crippen molar-refractivity contribution in [2.24, 2.45) is 22.2 Å². The largest absolute Gasteiger partial charge is 0.351 e. The summed E-state index contributed by atoms with van der Waals surface area (Å²) in [6.45, 7) is 5.41. The molecule has 114 valence electrons. The highest BCUT2D eigenvalue weighted by Crippen LogP contribution is 2.69. The van der Waals surface area contributed by atoms with Crippen LogP contribution >= 0.6 is 0 Å². The molecule has 21 heavy (non-hydrogen) atoms. The van der Waals surface area contributed by atoms with E-state index in [0.717, 1.165) is 30.7 Å². The summed E-state index contributed by atoms with van der Waals surface area (Å²) in [6.07, 6.45) is 10.9. The van der Waals surface area contributed by atoms with Crippen LogP contribution in [-0.2, 0) is 11.3 Å². The van der Waals surface area contributed by atoms with Gasteiger partial charge < -0.3 is 5.32 Å². The smallest absolute Gasteiger partial charge is 0.226 e. The summed E-state index contributed by atoms with van der Waals surface area (Å²) in [5.74, 6) is 1.04. The van der Waals surface area contributed by atoms with E-state index in [9.17, 15) is 4.79 Å². The van der Waals surface area contributed by atoms with Crippen molar-refractivity contribution in [1.29, 1.82) is 0 Å². The van der Waals surface area contributed by atoms with Crippen molar-refractivity contribution in [2.75, 3.05) is 0 Å². The lowest BCUT2D eigenvalue weighted by molar-refractivity contribution is -0.170. The Bertz CT molecular complexity index is 547. The minimum atomic E-state index is -0.105. The van der Waals surface area contributed by atoms with Gasteiger partial charge in [-0.3, -0.25) is 9.89 Å². The molecule has 2 unspecified atom stereocenters. The van der Waals surface area contributed by atoms with E-state index < -0.39 is 0 Å². The predicted molar refractivity (Wildman–Crippen MR) is 80.3 cm³/mol. The predicted octanol–water partition coefficient (Wildman–Crippen LogP) is 3.02. The summed E-state index contributed by atoms with van der Waals surface area (Å²) in [5.41, 5.74) is 1.72. The quantitative estimate of drug-likeness (QED) is 0.897. The Balaban J connectivity index is 1.54. The van der Waals surface area contributed by atoms with Crippen LogP contribution in [-0.4, -0.2) is 16.1 Å². The number of hydrogen-bond donors (Lipinski definition) is 2. The Kier molecular flexibility index (Phi) is 2.61. The first kappa shape index (κ1) is 13.4. The summed E-state index contributed by atoms with van der Waals surface area (Å²) >= 11 is 0. The second kappa shape index (κ2) is 4.11. The average molecular weight is 287 g/mol. The lowest BCUT2D eigenvalue weighted by Gasteiger charge is -2.64. The van der Waals surface area contributed by atoms with E-state index in [-0.39, 0.29) is 11.3 Å². The Hall–Kier alpha value is -1.32. The number of hydrogen-bond acceptors (Lipinski definition) is 2. The lowest BCUT2D eigenvalue weighted by Crippen LogP contribution is -2.59. The molecule has 0 spiro atoms. The standard InChI is InChI=1S/C17H25N3O/c1-15-3-12-4-16(2,9-15)11-17(5-12,10-15)14(21)18-6-13-7-19-20-8-13/h7-8,12H,3-6,9-11H2,1-2H3,(H,18,21)(H,19,20). The normalized spacial score (nSPS) is 44.0. The fourth-order valence-corrected chi connectivity index (χ4v) is 6.45. The number of aromatic nitrogens is 2. The summed E-state index contributed by atoms with van der Waals surface area (Å²) < 4.78 is 0. The van der Waals surface area contributed by atoms with Crippen molar-refractivity contribution in [3.8, 4) is 0 Å². The van der Waals surface area contributed by atoms with Crippen LogP contribution in [0.3, 0.4) is 0 Å². The zero-order valence-corrected chi connectivity index (χ0v) is 13.0. The third-order valence-corrected chi connectivity index (χ3v) is 6.12. The van der Waals surface area contributed by atoms with E-state index in [4.69, 9.17) is 0 Å². The van der Waals surface area contributed by atoms with Gasteiger partial charge >= 0.3 is 0 Å². The molecule has 4 bridgehead atoms. The third kappa shape index (κ3) is 2.11. The van der Waals surface area contributed by atoms with Gasteiger partial charge in [-0.2, -0.15) is 5.10 Å². The molecule has 0 saturated heterocycles. The van der Waals surface area contributed by atoms with Gasteiger partial charge in [-0.05, 0) is 55.3 Å². The van der Waals surface area contributed by atoms with Crippen LogP contribution in [0.25, 0.3) is 0 Å². The fourth-order valence-electron chi connectivity index (χ4n) is 6.45. The molecule has 4 saturated carbocycles. The van der Waals surface area contributed by atoms with Crippen molar-refractivity contribution in [3.63, 3.8) is 0 Å². The second-order valence-electron chi connectivity index (χ2n) is 8.70. The van der Waals surface area contributed by atoms with Crippen LogP contribution in [0.15, 0.2) is 12.4 Å². The summed E-state index contributed by atoms with van der Waals surface area (Å²) in [4.78, 5) is 12.9. The highest BCUT2D eigenvalue weighted by Gasteiger charge is 2.62. The summed E-state index contributed by atoms with van der Waals surface area (Å²) in [7, 11) is 0. The summed E-state index contributed by atoms with van der Waals surface area (Å²) in [5, 5.41) is 9.92. The molecule has 0 aliphatic heterocycles. The molecule has 4 fully saturated rings. The van der Waals surface area contributed by atoms with Crippen molar-refractivity contribution in [1.82, 2.24) is 15.5 Å². The Morgan fingerprint density at radius 1 is 1.29 bits per heavy atom. The number of H-pyrrole nitrogens is 1. The zero-order valence-electron chi connectivity index (χ0n) is 13.0. The first-order chi connectivity index (χ1) is 9.91. The molecule has 2 N–H and O–H groups in total. The SMILES string of the molecule is CC12CC3CC(C)(C1)CC(C(=O)NCc1cn[nH]c1)(C3)C2. The van der Waals surface area contributed by atoms with Gasteiger partial charge in [-0.15, -0.1) is 0 Å². The van der Waals surface area contributed by atoms with E-state index >= 15 is 0 Å². The molecule has 1 heterocycles. The minimum absolute atomic E-state index is 0.105. The molecule has 5 rings (SSSR count). The van der Waals surface area contributed by atoms with Gasteiger partial charge in [0, 0.05) is 18.3 Å². The van der Waals surface area contributed by atoms with Gasteiger partial charge in [0.2, 0.25) is 5.91 Å². The molecular formula is C17H25N3O. The number of aromatic amines is 1. The molecule has 4 nitrogen and oxygen atoms in total. The average Bonchev–Trinajstić information content (AvgIpc) is 2.84. The van der Waals surface area contributed by atoms with Gasteiger partial charge in [-0.1, -0.05) is 13.8 Å². The number of amides is 1. The van der Waals surface area contributed by atoms with Gasteiger partial charge in [0.1, 0.15) is 0 Å². The van der Waals surface area contributed by atoms with Crippen LogP contribution in [0.4, 0.5) is 0 Å². The minimum Gasteiger partial charge on any atom is -0.351 e. The van der Waals surface area contributed by atoms with E-state index in [1.54, 1.807) is 6.20 Å². The van der Waals surface area contributed by atoms with Crippen LogP contribution in [0, 0.1) is 22.2 Å². The molecule has 4 aliphatic carbocycles. The highest BCUT2D eigenvalue weighted by atomic mass is 16.2. The number of carbonyl (C=O) groups excluding carboxylic acids is 1. The number of nitrogens with one attached hydrogen (secondary N) is 2. The molecule has 1 aromatic rings. The monoisotopic (exact) mass is 287 g/mol. The zero-order chi connectivity index (χ0) is 14.7. The Labute approximate surface area is 126 Å². The topological polar surface area (TPSA) is 57.8 Å².